The molecule has 34 heteroatoms. The zero-order valence-electron chi connectivity index (χ0n) is 105. The molecule has 930 valence electrons. The quantitative estimate of drug-likeness (QED) is 0.0410. The minimum absolute atomic E-state index is 0.0278. The molecule has 1 rings (SSSR count). The fourth-order valence-electron chi connectivity index (χ4n) is 2.20. The molecular weight excluding hydrogens is 2020 g/mol. The van der Waals surface area contributed by atoms with Crippen molar-refractivity contribution in [2.75, 3.05) is 103 Å². The maximum absolute atomic E-state index is 11.4. The highest BCUT2D eigenvalue weighted by atomic mass is 32.2. The summed E-state index contributed by atoms with van der Waals surface area (Å²) in [6.07, 6.45) is 0.187. The highest BCUT2D eigenvalue weighted by molar-refractivity contribution is 7.98. The van der Waals surface area contributed by atoms with E-state index in [2.05, 4.69) is 195 Å². The topological polar surface area (TPSA) is 103 Å². The molecule has 3 N–H and O–H groups in total. The van der Waals surface area contributed by atoms with Crippen LogP contribution < -0.4 is 0 Å². The van der Waals surface area contributed by atoms with Crippen molar-refractivity contribution in [3.8, 4) is 6.07 Å². The average Bonchev–Trinajstić information content (AvgIpc) is 1.62. The van der Waals surface area contributed by atoms with Gasteiger partial charge in [-0.2, -0.15) is 107 Å². The van der Waals surface area contributed by atoms with Gasteiger partial charge in [0.2, 0.25) is 25.7 Å². The maximum atomic E-state index is 11.4. The maximum Gasteiger partial charge on any atom is 0.391 e. The van der Waals surface area contributed by atoms with Crippen LogP contribution in [0.4, 0.5) is 105 Å². The largest absolute Gasteiger partial charge is 0.397 e. The van der Waals surface area contributed by atoms with Gasteiger partial charge in [0.05, 0.1) is 38.7 Å². The second kappa shape index (κ2) is 215. The van der Waals surface area contributed by atoms with Crippen LogP contribution in [0.5, 0.6) is 0 Å². The van der Waals surface area contributed by atoms with Crippen LogP contribution in [-0.4, -0.2) is 175 Å². The lowest BCUT2D eigenvalue weighted by atomic mass is 10.0. The normalized spacial score (nSPS) is 10.5. The van der Waals surface area contributed by atoms with E-state index < -0.39 is 86.9 Å². The zero-order valence-corrected chi connectivity index (χ0v) is 108. The van der Waals surface area contributed by atoms with Crippen molar-refractivity contribution in [3.05, 3.63) is 0 Å². The number of ether oxygens (including phenoxy) is 2. The molecule has 3 unspecified atom stereocenters. The number of aliphatic hydroxyl groups excluding tert-OH is 3. The third-order valence-corrected chi connectivity index (χ3v) is 14.6. The van der Waals surface area contributed by atoms with Gasteiger partial charge >= 0.3 is 24.7 Å². The van der Waals surface area contributed by atoms with Gasteiger partial charge in [0.25, 0.3) is 0 Å². The number of thiol groups is 2. The van der Waals surface area contributed by atoms with E-state index in [4.69, 9.17) is 25.3 Å². The van der Waals surface area contributed by atoms with Crippen molar-refractivity contribution in [3.63, 3.8) is 0 Å². The van der Waals surface area contributed by atoms with Gasteiger partial charge in [0.1, 0.15) is 0 Å². The summed E-state index contributed by atoms with van der Waals surface area (Å²) >= 11 is 11.5. The molecular formula is C112H255F24NO5S4. The Hall–Kier alpha value is -0.990. The summed E-state index contributed by atoms with van der Waals surface area (Å²) in [6, 6.07) is 2.02. The van der Waals surface area contributed by atoms with Crippen molar-refractivity contribution in [2.24, 2.45) is 64.6 Å². The van der Waals surface area contributed by atoms with Gasteiger partial charge < -0.3 is 24.8 Å². The van der Waals surface area contributed by atoms with Gasteiger partial charge in [-0.05, 0) is 168 Å². The van der Waals surface area contributed by atoms with Gasteiger partial charge in [-0.3, -0.25) is 17.6 Å². The molecule has 0 saturated heterocycles. The third-order valence-electron chi connectivity index (χ3n) is 12.7. The molecule has 0 aromatic heterocycles. The summed E-state index contributed by atoms with van der Waals surface area (Å²) in [6.45, 7) is 94.9. The molecule has 0 bridgehead atoms. The van der Waals surface area contributed by atoms with Crippen LogP contribution in [0.1, 0.15) is 506 Å². The number of aliphatic hydroxyl groups is 3. The van der Waals surface area contributed by atoms with E-state index >= 15 is 0 Å². The molecule has 1 fully saturated rings. The highest BCUT2D eigenvalue weighted by Gasteiger charge is 2.34. The Bertz CT molecular complexity index is 1650. The first-order valence-electron chi connectivity index (χ1n) is 53.9. The van der Waals surface area contributed by atoms with Crippen LogP contribution in [0.25, 0.3) is 0 Å². The summed E-state index contributed by atoms with van der Waals surface area (Å²) in [5.74, 6) is 5.46. The van der Waals surface area contributed by atoms with E-state index in [-0.39, 0.29) is 76.9 Å². The Morgan fingerprint density at radius 3 is 0.719 bits per heavy atom. The Morgan fingerprint density at radius 2 is 0.719 bits per heavy atom. The van der Waals surface area contributed by atoms with E-state index in [1.165, 1.54) is 117 Å². The van der Waals surface area contributed by atoms with E-state index in [9.17, 15) is 105 Å². The number of hydrogen-bond donors (Lipinski definition) is 5. The smallest absolute Gasteiger partial charge is 0.391 e. The lowest BCUT2D eigenvalue weighted by Crippen LogP contribution is -2.18. The van der Waals surface area contributed by atoms with Gasteiger partial charge in [-0.15, -0.1) is 0 Å². The lowest BCUT2D eigenvalue weighted by molar-refractivity contribution is -0.170. The Labute approximate surface area is 915 Å². The van der Waals surface area contributed by atoms with E-state index in [0.29, 0.717) is 37.7 Å². The monoisotopic (exact) mass is 2280 g/mol. The predicted molar refractivity (Wildman–Crippen MR) is 622 cm³/mol. The third kappa shape index (κ3) is 704. The van der Waals surface area contributed by atoms with E-state index in [0.717, 1.165) is 108 Å². The van der Waals surface area contributed by atoms with Crippen molar-refractivity contribution in [1.82, 2.24) is 0 Å². The van der Waals surface area contributed by atoms with Gasteiger partial charge in [-0.25, -0.2) is 35.1 Å². The number of nitriles is 1. The van der Waals surface area contributed by atoms with Crippen LogP contribution >= 0.6 is 48.8 Å². The first kappa shape index (κ1) is 223. The molecule has 0 aliphatic heterocycles. The van der Waals surface area contributed by atoms with Crippen molar-refractivity contribution in [1.29, 1.82) is 5.26 Å². The van der Waals surface area contributed by atoms with Crippen molar-refractivity contribution < 1.29 is 130 Å². The zero-order chi connectivity index (χ0) is 125. The number of rotatable bonds is 27. The molecule has 1 aliphatic carbocycles. The summed E-state index contributed by atoms with van der Waals surface area (Å²) in [5.41, 5.74) is 0.500. The second-order valence-corrected chi connectivity index (χ2v) is 38.4. The molecule has 1 aliphatic rings. The number of hydrogen-bond acceptors (Lipinski definition) is 10. The fourth-order valence-corrected chi connectivity index (χ4v) is 2.61. The Balaban J connectivity index is -0.0000000360. The molecule has 0 aromatic rings. The highest BCUT2D eigenvalue weighted by Crippen LogP contribution is 2.31. The molecule has 0 spiro atoms. The van der Waals surface area contributed by atoms with Crippen molar-refractivity contribution >= 4 is 48.8 Å². The number of halogens is 24. The standard InChI is InChI=1S/C5H9F3.C5H10F2.C5H11F.C5H10.3C5H12.2C4H7F3.2C4H8F2.2C4H9F.C4H7N.C4H10O.C4H10S.2C4H10.C3H5F3.C3H6F2.C3H7F.3C3H8O.2C3H8S.C3H8.C2H6O.C2H6S.C2H6/c1-3-4(2)5(6,7)8;1-3-4(2)5(6)7;1-3-5(2)4-6;1-2-5-3-4-5;1-5(2,3)4;2*1-4-5(2)3;1-3(2)4(5,6)7;1-2-3-4(5,6)7;1-3(2)4(5)6;1-2-3-4(5)6;1-4(2)3-5;2*1-2-3-4-5;2*1-3-4-5-2;1-4(2)3;1-3-4-2;1-2-3(4,5)6;1-2-3(4)5;1-2-3-4;1-3-4-2;1-3(2)4;1-2-3-4;1-3-4-2;1-2-3-4;1-3-2;2*1-2-3;1-2/h4H,3H2,1-2H3;4-5H,3H2,1-2H3;5H,3-4H2,1-2H3;5H,2-4H2,1H3;1-4H3;2*5H,4H2,1-3H3;3H,1-2H3;2-3H2,1H3;3-4H,1-2H3;4H,2-3H2,1H3;4H,3H2,1-2H3;2-4H2,1H3;2-3H2,1H3;2*3-4H2,1-2H3;4H,1-3H3;3-4H2,1-2H3;2H2,1H3;3H,2H2,1H3;2-3H2,1H3;3H2,1-2H3;3-4H,1-2H3;4H,2-3H2,1H3;3H2,1-2H3;4H,2-3H2,1H3;3H2,1-2H3;2*3H,2H2,1H3;1-2H3. The van der Waals surface area contributed by atoms with Crippen molar-refractivity contribution in [2.45, 2.75) is 563 Å². The number of unbranched alkanes of at least 4 members (excludes halogenated alkanes) is 3. The predicted octanol–water partition coefficient (Wildman–Crippen LogP) is 46.8. The summed E-state index contributed by atoms with van der Waals surface area (Å²) in [7, 11) is 3.39. The molecule has 6 nitrogen and oxygen atoms in total. The minimum atomic E-state index is -4.00. The minimum Gasteiger partial charge on any atom is -0.397 e. The number of methoxy groups -OCH3 is 2. The van der Waals surface area contributed by atoms with Gasteiger partial charge in [-0.1, -0.05) is 382 Å². The first-order chi connectivity index (χ1) is 66.8. The number of thioether (sulfide) groups is 2. The van der Waals surface area contributed by atoms with E-state index in [1.54, 1.807) is 62.7 Å². The van der Waals surface area contributed by atoms with Gasteiger partial charge in [0, 0.05) is 96.6 Å². The Morgan fingerprint density at radius 1 is 0.432 bits per heavy atom. The van der Waals surface area contributed by atoms with Crippen LogP contribution in [0.2, 0.25) is 0 Å². The average molecular weight is 2280 g/mol. The summed E-state index contributed by atoms with van der Waals surface area (Å²) in [4.78, 5) is 0. The molecule has 0 amide bonds. The van der Waals surface area contributed by atoms with Crippen LogP contribution in [0.15, 0.2) is 0 Å². The fraction of sp³-hybridized carbons (Fsp3) is 0.991. The number of alkyl halides is 24. The molecule has 146 heavy (non-hydrogen) atoms. The molecule has 0 heterocycles. The first-order valence-corrected chi connectivity index (χ1v) is 57.9. The lowest BCUT2D eigenvalue weighted by Gasteiger charge is -2.11. The molecule has 0 aromatic carbocycles. The molecule has 1 saturated carbocycles. The van der Waals surface area contributed by atoms with Crippen LogP contribution in [-0.2, 0) is 9.47 Å². The second-order valence-electron chi connectivity index (χ2n) is 35.2. The SMILES string of the molecule is CC.CC(C)(C)C.CC(C)C.CC(C)C(F)(F)F.CC(C)C(F)F.CC(C)CF.CC(C)O.CCC.CCC(C)C.CCC(C)C.CCC(C)C(F)(F)F.CCC(C)C(F)F.CCC(C)CF.CCC(F)(F)F.CCC(F)F.CCC1CC1.CCCC.CCCC#N.CCCC(F)(F)F.CCCC(F)F.CCCCF.CCCF.CCCO.CCCOC.CCCS.CCCSC.CCO.CCOC.CCS.CCSC. The van der Waals surface area contributed by atoms with Crippen LogP contribution in [0.3, 0.4) is 0 Å². The van der Waals surface area contributed by atoms with Gasteiger partial charge in [0.15, 0.2) is 0 Å². The summed E-state index contributed by atoms with van der Waals surface area (Å²) in [5, 5.41) is 31.3. The molecule has 3 atom stereocenters. The van der Waals surface area contributed by atoms with E-state index in [1.807, 2.05) is 106 Å². The molecule has 0 radical (unpaired) electrons. The summed E-state index contributed by atoms with van der Waals surface area (Å²) < 4.78 is 276. The number of nitrogens with zero attached hydrogens (tertiary/aromatic N) is 1. The Kier molecular flexibility index (Phi) is 329. The van der Waals surface area contributed by atoms with Crippen LogP contribution in [0, 0.1) is 75.9 Å².